The van der Waals surface area contributed by atoms with Crippen LogP contribution in [0.5, 0.6) is 0 Å². The fraction of sp³-hybridized carbons (Fsp3) is 0.0769. The monoisotopic (exact) mass is 309 g/mol. The van der Waals surface area contributed by atoms with Crippen molar-refractivity contribution in [1.29, 1.82) is 0 Å². The van der Waals surface area contributed by atoms with Crippen molar-refractivity contribution in [3.05, 3.63) is 52.5 Å². The maximum absolute atomic E-state index is 12.7. The molecule has 2 rings (SSSR count). The SMILES string of the molecule is O=C(Cc1cccs1)NNC(=S)Nc1ccc(F)cc1. The number of hydrazine groups is 1. The van der Waals surface area contributed by atoms with Gasteiger partial charge in [-0.1, -0.05) is 6.07 Å². The van der Waals surface area contributed by atoms with Gasteiger partial charge >= 0.3 is 0 Å². The highest BCUT2D eigenvalue weighted by molar-refractivity contribution is 7.80. The molecule has 0 unspecified atom stereocenters. The van der Waals surface area contributed by atoms with Crippen molar-refractivity contribution in [1.82, 2.24) is 10.9 Å². The number of hydrogen-bond donors (Lipinski definition) is 3. The number of carbonyl (C=O) groups excluding carboxylic acids is 1. The molecule has 0 atom stereocenters. The Hall–Kier alpha value is -1.99. The number of carbonyl (C=O) groups is 1. The minimum atomic E-state index is -0.321. The first-order valence-corrected chi connectivity index (χ1v) is 7.06. The summed E-state index contributed by atoms with van der Waals surface area (Å²) in [7, 11) is 0. The molecule has 1 heterocycles. The molecular formula is C13H12FN3OS2. The van der Waals surface area contributed by atoms with E-state index in [1.165, 1.54) is 23.5 Å². The molecule has 4 nitrogen and oxygen atoms in total. The maximum Gasteiger partial charge on any atom is 0.243 e. The van der Waals surface area contributed by atoms with Crippen molar-refractivity contribution in [2.75, 3.05) is 5.32 Å². The van der Waals surface area contributed by atoms with E-state index in [0.717, 1.165) is 4.88 Å². The predicted octanol–water partition coefficient (Wildman–Crippen LogP) is 2.45. The summed E-state index contributed by atoms with van der Waals surface area (Å²) in [4.78, 5) is 12.6. The molecule has 1 amide bonds. The van der Waals surface area contributed by atoms with Crippen LogP contribution in [-0.2, 0) is 11.2 Å². The molecule has 0 aliphatic heterocycles. The lowest BCUT2D eigenvalue weighted by Gasteiger charge is -2.11. The Morgan fingerprint density at radius 1 is 1.20 bits per heavy atom. The number of thiocarbonyl (C=S) groups is 1. The zero-order chi connectivity index (χ0) is 14.4. The molecular weight excluding hydrogens is 297 g/mol. The first kappa shape index (κ1) is 14.4. The van der Waals surface area contributed by atoms with Gasteiger partial charge in [-0.05, 0) is 47.9 Å². The molecule has 0 aliphatic rings. The van der Waals surface area contributed by atoms with Crippen LogP contribution in [0.25, 0.3) is 0 Å². The second-order valence-corrected chi connectivity index (χ2v) is 5.33. The van der Waals surface area contributed by atoms with Gasteiger partial charge in [0.05, 0.1) is 6.42 Å². The third-order valence-corrected chi connectivity index (χ3v) is 3.41. The summed E-state index contributed by atoms with van der Waals surface area (Å²) in [5.74, 6) is -0.505. The number of anilines is 1. The van der Waals surface area contributed by atoms with Gasteiger partial charge in [-0.3, -0.25) is 15.6 Å². The third-order valence-electron chi connectivity index (χ3n) is 2.33. The zero-order valence-corrected chi connectivity index (χ0v) is 12.0. The van der Waals surface area contributed by atoms with Gasteiger partial charge in [0.25, 0.3) is 0 Å². The highest BCUT2D eigenvalue weighted by Crippen LogP contribution is 2.09. The lowest BCUT2D eigenvalue weighted by atomic mass is 10.3. The molecule has 3 N–H and O–H groups in total. The van der Waals surface area contributed by atoms with Crippen LogP contribution in [0.3, 0.4) is 0 Å². The van der Waals surface area contributed by atoms with Gasteiger partial charge < -0.3 is 5.32 Å². The number of benzene rings is 1. The molecule has 1 aromatic carbocycles. The number of rotatable bonds is 3. The molecule has 0 radical (unpaired) electrons. The van der Waals surface area contributed by atoms with Crippen LogP contribution in [-0.4, -0.2) is 11.0 Å². The number of hydrogen-bond acceptors (Lipinski definition) is 3. The number of nitrogens with one attached hydrogen (secondary N) is 3. The van der Waals surface area contributed by atoms with Crippen molar-refractivity contribution in [3.63, 3.8) is 0 Å². The van der Waals surface area contributed by atoms with Gasteiger partial charge in [0, 0.05) is 10.6 Å². The van der Waals surface area contributed by atoms with Crippen LogP contribution in [0.2, 0.25) is 0 Å². The Bertz CT molecular complexity index is 584. The molecule has 1 aromatic heterocycles. The lowest BCUT2D eigenvalue weighted by molar-refractivity contribution is -0.120. The van der Waals surface area contributed by atoms with Gasteiger partial charge in [0.2, 0.25) is 5.91 Å². The molecule has 0 saturated carbocycles. The molecule has 20 heavy (non-hydrogen) atoms. The summed E-state index contributed by atoms with van der Waals surface area (Å²) < 4.78 is 12.7. The van der Waals surface area contributed by atoms with Crippen molar-refractivity contribution in [2.45, 2.75) is 6.42 Å². The summed E-state index contributed by atoms with van der Waals surface area (Å²) in [6.07, 6.45) is 0.295. The highest BCUT2D eigenvalue weighted by Gasteiger charge is 2.04. The topological polar surface area (TPSA) is 53.2 Å². The maximum atomic E-state index is 12.7. The second kappa shape index (κ2) is 6.97. The van der Waals surface area contributed by atoms with Crippen LogP contribution in [0, 0.1) is 5.82 Å². The van der Waals surface area contributed by atoms with E-state index in [2.05, 4.69) is 16.2 Å². The van der Waals surface area contributed by atoms with Crippen LogP contribution >= 0.6 is 23.6 Å². The minimum absolute atomic E-state index is 0.185. The van der Waals surface area contributed by atoms with Crippen molar-refractivity contribution in [2.24, 2.45) is 0 Å². The van der Waals surface area contributed by atoms with E-state index < -0.39 is 0 Å². The highest BCUT2D eigenvalue weighted by atomic mass is 32.1. The zero-order valence-electron chi connectivity index (χ0n) is 10.4. The van der Waals surface area contributed by atoms with E-state index in [9.17, 15) is 9.18 Å². The lowest BCUT2D eigenvalue weighted by Crippen LogP contribution is -2.44. The Labute approximate surface area is 125 Å². The van der Waals surface area contributed by atoms with Crippen LogP contribution < -0.4 is 16.2 Å². The van der Waals surface area contributed by atoms with Gasteiger partial charge in [-0.2, -0.15) is 0 Å². The Morgan fingerprint density at radius 2 is 1.95 bits per heavy atom. The number of halogens is 1. The molecule has 0 bridgehead atoms. The smallest absolute Gasteiger partial charge is 0.243 e. The standard InChI is InChI=1S/C13H12FN3OS2/c14-9-3-5-10(6-4-9)15-13(19)17-16-12(18)8-11-2-1-7-20-11/h1-7H,8H2,(H,16,18)(H2,15,17,19). The second-order valence-electron chi connectivity index (χ2n) is 3.89. The molecule has 0 fully saturated rings. The van der Waals surface area contributed by atoms with E-state index in [-0.39, 0.29) is 16.8 Å². The third kappa shape index (κ3) is 4.60. The fourth-order valence-corrected chi connectivity index (χ4v) is 2.31. The van der Waals surface area contributed by atoms with Crippen molar-refractivity contribution in [3.8, 4) is 0 Å². The largest absolute Gasteiger partial charge is 0.331 e. The quantitative estimate of drug-likeness (QED) is 0.602. The minimum Gasteiger partial charge on any atom is -0.331 e. The molecule has 2 aromatic rings. The molecule has 0 spiro atoms. The van der Waals surface area contributed by atoms with E-state index in [4.69, 9.17) is 12.2 Å². The fourth-order valence-electron chi connectivity index (χ4n) is 1.44. The average Bonchev–Trinajstić information content (AvgIpc) is 2.92. The van der Waals surface area contributed by atoms with Gasteiger partial charge in [0.1, 0.15) is 5.82 Å². The number of thiophene rings is 1. The van der Waals surface area contributed by atoms with Gasteiger partial charge in [-0.15, -0.1) is 11.3 Å². The van der Waals surface area contributed by atoms with Crippen LogP contribution in [0.1, 0.15) is 4.88 Å². The molecule has 104 valence electrons. The first-order valence-electron chi connectivity index (χ1n) is 5.77. The summed E-state index contributed by atoms with van der Waals surface area (Å²) in [6, 6.07) is 9.52. The molecule has 0 saturated heterocycles. The number of amides is 1. The van der Waals surface area contributed by atoms with Crippen LogP contribution in [0.15, 0.2) is 41.8 Å². The Balaban J connectivity index is 1.74. The van der Waals surface area contributed by atoms with Crippen LogP contribution in [0.4, 0.5) is 10.1 Å². The summed E-state index contributed by atoms with van der Waals surface area (Å²) in [5.41, 5.74) is 5.72. The van der Waals surface area contributed by atoms with Gasteiger partial charge in [0.15, 0.2) is 5.11 Å². The average molecular weight is 309 g/mol. The van der Waals surface area contributed by atoms with E-state index in [1.54, 1.807) is 12.1 Å². The normalized spacial score (nSPS) is 9.85. The van der Waals surface area contributed by atoms with E-state index >= 15 is 0 Å². The molecule has 0 aliphatic carbocycles. The molecule has 7 heteroatoms. The Morgan fingerprint density at radius 3 is 2.60 bits per heavy atom. The summed E-state index contributed by atoms with van der Waals surface area (Å²) >= 11 is 6.52. The first-order chi connectivity index (χ1) is 9.63. The Kier molecular flexibility index (Phi) is 5.03. The predicted molar refractivity (Wildman–Crippen MR) is 81.9 cm³/mol. The van der Waals surface area contributed by atoms with Crippen molar-refractivity contribution >= 4 is 40.3 Å². The summed E-state index contributed by atoms with van der Waals surface area (Å²) in [5, 5.41) is 4.97. The van der Waals surface area contributed by atoms with E-state index in [0.29, 0.717) is 12.1 Å². The van der Waals surface area contributed by atoms with E-state index in [1.807, 2.05) is 17.5 Å². The van der Waals surface area contributed by atoms with Crippen molar-refractivity contribution < 1.29 is 9.18 Å². The summed E-state index contributed by atoms with van der Waals surface area (Å²) in [6.45, 7) is 0. The van der Waals surface area contributed by atoms with Gasteiger partial charge in [-0.25, -0.2) is 4.39 Å².